The van der Waals surface area contributed by atoms with Crippen LogP contribution in [0.3, 0.4) is 0 Å². The van der Waals surface area contributed by atoms with Gasteiger partial charge in [0.25, 0.3) is 0 Å². The van der Waals surface area contributed by atoms with Crippen LogP contribution < -0.4 is 4.90 Å². The highest BCUT2D eigenvalue weighted by molar-refractivity contribution is 6.74. The largest absolute Gasteiger partial charge is 0.416 e. The molecule has 4 heteroatoms. The lowest BCUT2D eigenvalue weighted by molar-refractivity contribution is -0.118. The molecular formula is C25H37NO2Si. The molecule has 0 saturated carbocycles. The number of anilines is 1. The van der Waals surface area contributed by atoms with E-state index < -0.39 is 8.32 Å². The van der Waals surface area contributed by atoms with Crippen molar-refractivity contribution in [1.29, 1.82) is 0 Å². The number of nitrogens with zero attached hydrogens (tertiary/aromatic N) is 1. The van der Waals surface area contributed by atoms with Gasteiger partial charge in [0.05, 0.1) is 0 Å². The predicted molar refractivity (Wildman–Crippen MR) is 126 cm³/mol. The Kier molecular flexibility index (Phi) is 8.23. The predicted octanol–water partition coefficient (Wildman–Crippen LogP) is 6.24. The molecule has 0 N–H and O–H groups in total. The maximum Gasteiger partial charge on any atom is 0.226 e. The van der Waals surface area contributed by atoms with Gasteiger partial charge in [-0.1, -0.05) is 63.2 Å². The van der Waals surface area contributed by atoms with Crippen LogP contribution in [0.15, 0.2) is 54.6 Å². The Morgan fingerprint density at radius 2 is 1.52 bits per heavy atom. The molecule has 29 heavy (non-hydrogen) atoms. The zero-order valence-corrected chi connectivity index (χ0v) is 20.0. The van der Waals surface area contributed by atoms with Gasteiger partial charge in [-0.3, -0.25) is 4.79 Å². The van der Waals surface area contributed by atoms with E-state index in [-0.39, 0.29) is 10.9 Å². The van der Waals surface area contributed by atoms with Crippen molar-refractivity contribution in [3.63, 3.8) is 0 Å². The van der Waals surface area contributed by atoms with Gasteiger partial charge in [0, 0.05) is 25.8 Å². The first-order chi connectivity index (χ1) is 13.6. The first-order valence-electron chi connectivity index (χ1n) is 10.6. The molecule has 0 radical (unpaired) electrons. The number of aryl methyl sites for hydroxylation is 1. The molecule has 3 nitrogen and oxygen atoms in total. The lowest BCUT2D eigenvalue weighted by Gasteiger charge is -2.36. The SMILES string of the molecule is CN(C(=O)CCCc1ccccc1)c1ccc(CCO[Si](C)(C)C(C)(C)C)cc1. The molecule has 0 spiro atoms. The van der Waals surface area contributed by atoms with E-state index in [0.29, 0.717) is 6.42 Å². The zero-order valence-electron chi connectivity index (χ0n) is 19.0. The van der Waals surface area contributed by atoms with Gasteiger partial charge in [0.15, 0.2) is 8.32 Å². The van der Waals surface area contributed by atoms with Crippen LogP contribution in [0.4, 0.5) is 5.69 Å². The van der Waals surface area contributed by atoms with Gasteiger partial charge in [-0.15, -0.1) is 0 Å². The van der Waals surface area contributed by atoms with Crippen LogP contribution in [0.2, 0.25) is 18.1 Å². The highest BCUT2D eigenvalue weighted by Gasteiger charge is 2.36. The fourth-order valence-corrected chi connectivity index (χ4v) is 3.97. The summed E-state index contributed by atoms with van der Waals surface area (Å²) in [5.41, 5.74) is 3.48. The molecule has 0 aromatic heterocycles. The monoisotopic (exact) mass is 411 g/mol. The topological polar surface area (TPSA) is 29.5 Å². The minimum absolute atomic E-state index is 0.162. The molecule has 0 bridgehead atoms. The van der Waals surface area contributed by atoms with E-state index in [9.17, 15) is 4.79 Å². The lowest BCUT2D eigenvalue weighted by Crippen LogP contribution is -2.41. The Balaban J connectivity index is 1.80. The van der Waals surface area contributed by atoms with Gasteiger partial charge < -0.3 is 9.33 Å². The molecule has 2 rings (SSSR count). The number of hydrogen-bond acceptors (Lipinski definition) is 2. The van der Waals surface area contributed by atoms with Gasteiger partial charge in [0.1, 0.15) is 0 Å². The summed E-state index contributed by atoms with van der Waals surface area (Å²) in [4.78, 5) is 14.3. The molecule has 2 aromatic carbocycles. The molecule has 158 valence electrons. The molecule has 0 heterocycles. The lowest BCUT2D eigenvalue weighted by atomic mass is 10.1. The van der Waals surface area contributed by atoms with Gasteiger partial charge >= 0.3 is 0 Å². The number of rotatable bonds is 9. The van der Waals surface area contributed by atoms with E-state index in [4.69, 9.17) is 4.43 Å². The van der Waals surface area contributed by atoms with E-state index in [1.54, 1.807) is 4.90 Å². The Hall–Kier alpha value is -1.91. The van der Waals surface area contributed by atoms with Gasteiger partial charge in [-0.2, -0.15) is 0 Å². The normalized spacial score (nSPS) is 12.1. The molecule has 0 aliphatic carbocycles. The van der Waals surface area contributed by atoms with E-state index in [1.165, 1.54) is 11.1 Å². The van der Waals surface area contributed by atoms with Gasteiger partial charge in [-0.05, 0) is 60.7 Å². The van der Waals surface area contributed by atoms with Crippen molar-refractivity contribution in [2.45, 2.75) is 64.6 Å². The zero-order chi connectivity index (χ0) is 21.5. The van der Waals surface area contributed by atoms with Crippen LogP contribution >= 0.6 is 0 Å². The maximum absolute atomic E-state index is 12.5. The average Bonchev–Trinajstić information content (AvgIpc) is 2.67. The third-order valence-electron chi connectivity index (χ3n) is 6.06. The molecular weight excluding hydrogens is 374 g/mol. The number of carbonyl (C=O) groups is 1. The molecule has 0 aliphatic heterocycles. The van der Waals surface area contributed by atoms with E-state index >= 15 is 0 Å². The van der Waals surface area contributed by atoms with Crippen molar-refractivity contribution in [2.75, 3.05) is 18.6 Å². The van der Waals surface area contributed by atoms with Crippen LogP contribution in [0.25, 0.3) is 0 Å². The summed E-state index contributed by atoms with van der Waals surface area (Å²) in [6.45, 7) is 12.1. The minimum Gasteiger partial charge on any atom is -0.416 e. The summed E-state index contributed by atoms with van der Waals surface area (Å²) in [6.07, 6.45) is 3.28. The van der Waals surface area contributed by atoms with Crippen molar-refractivity contribution < 1.29 is 9.22 Å². The molecule has 0 aliphatic rings. The summed E-state index contributed by atoms with van der Waals surface area (Å²) >= 11 is 0. The standard InChI is InChI=1S/C25H37NO2Si/c1-25(2,3)29(5,6)28-20-19-22-15-17-23(18-16-22)26(4)24(27)14-10-13-21-11-8-7-9-12-21/h7-9,11-12,15-18H,10,13-14,19-20H2,1-6H3. The molecule has 0 atom stereocenters. The number of hydrogen-bond donors (Lipinski definition) is 0. The minimum atomic E-state index is -1.69. The number of benzene rings is 2. The third kappa shape index (κ3) is 7.13. The van der Waals surface area contributed by atoms with Crippen molar-refractivity contribution >= 4 is 19.9 Å². The average molecular weight is 412 g/mol. The smallest absolute Gasteiger partial charge is 0.226 e. The second kappa shape index (κ2) is 10.2. The van der Waals surface area contributed by atoms with Crippen LogP contribution in [-0.4, -0.2) is 27.9 Å². The van der Waals surface area contributed by atoms with Gasteiger partial charge in [0.2, 0.25) is 5.91 Å². The maximum atomic E-state index is 12.5. The van der Waals surface area contributed by atoms with Crippen LogP contribution in [0.1, 0.15) is 44.7 Å². The Bertz CT molecular complexity index is 764. The highest BCUT2D eigenvalue weighted by atomic mass is 28.4. The number of carbonyl (C=O) groups excluding carboxylic acids is 1. The van der Waals surface area contributed by atoms with E-state index in [0.717, 1.165) is 31.6 Å². The quantitative estimate of drug-likeness (QED) is 0.457. The molecule has 0 fully saturated rings. The molecule has 0 unspecified atom stereocenters. The van der Waals surface area contributed by atoms with Crippen molar-refractivity contribution in [2.24, 2.45) is 0 Å². The second-order valence-electron chi connectivity index (χ2n) is 9.32. The summed E-state index contributed by atoms with van der Waals surface area (Å²) < 4.78 is 6.27. The van der Waals surface area contributed by atoms with E-state index in [1.807, 2.05) is 37.4 Å². The molecule has 2 aromatic rings. The van der Waals surface area contributed by atoms with Crippen LogP contribution in [0.5, 0.6) is 0 Å². The first kappa shape index (κ1) is 23.4. The Morgan fingerprint density at radius 3 is 2.10 bits per heavy atom. The van der Waals surface area contributed by atoms with Crippen molar-refractivity contribution in [3.05, 3.63) is 65.7 Å². The fourth-order valence-electron chi connectivity index (χ4n) is 2.93. The van der Waals surface area contributed by atoms with Crippen molar-refractivity contribution in [3.8, 4) is 0 Å². The second-order valence-corrected chi connectivity index (χ2v) is 14.1. The number of amides is 1. The molecule has 0 saturated heterocycles. The summed E-state index contributed by atoms with van der Waals surface area (Å²) in [5.74, 6) is 0.162. The fraction of sp³-hybridized carbons (Fsp3) is 0.480. The van der Waals surface area contributed by atoms with Crippen molar-refractivity contribution in [1.82, 2.24) is 0 Å². The summed E-state index contributed by atoms with van der Waals surface area (Å²) in [7, 11) is 0.169. The molecule has 1 amide bonds. The summed E-state index contributed by atoms with van der Waals surface area (Å²) in [5, 5.41) is 0.237. The first-order valence-corrected chi connectivity index (χ1v) is 13.5. The highest BCUT2D eigenvalue weighted by Crippen LogP contribution is 2.36. The van der Waals surface area contributed by atoms with E-state index in [2.05, 4.69) is 58.1 Å². The Labute approximate surface area is 178 Å². The van der Waals surface area contributed by atoms with Gasteiger partial charge in [-0.25, -0.2) is 0 Å². The third-order valence-corrected chi connectivity index (χ3v) is 10.6. The Morgan fingerprint density at radius 1 is 0.931 bits per heavy atom. The van der Waals surface area contributed by atoms with Crippen LogP contribution in [0, 0.1) is 0 Å². The summed E-state index contributed by atoms with van der Waals surface area (Å²) in [6, 6.07) is 18.6. The van der Waals surface area contributed by atoms with Crippen LogP contribution in [-0.2, 0) is 22.1 Å².